The van der Waals surface area contributed by atoms with Crippen molar-refractivity contribution < 1.29 is 28.7 Å². The smallest absolute Gasteiger partial charge is 0.319 e. The van der Waals surface area contributed by atoms with E-state index in [4.69, 9.17) is 9.47 Å². The average molecular weight is 733 g/mol. The fourth-order valence-electron chi connectivity index (χ4n) is 6.61. The minimum absolute atomic E-state index is 0.108. The lowest BCUT2D eigenvalue weighted by atomic mass is 9.94. The SMILES string of the molecule is CCOC(=O)CNCc1cnc(C(=O)Nc2cccc(-c3cccc(NC(=O)c4cc(C5CC5)c(CNCC(=O)OCC)cn4)c3C)c2C)cc1C1CC1. The number of carbonyl (C=O) groups excluding carboxylic acids is 4. The van der Waals surface area contributed by atoms with E-state index < -0.39 is 0 Å². The molecule has 4 N–H and O–H groups in total. The van der Waals surface area contributed by atoms with Gasteiger partial charge in [-0.3, -0.25) is 29.1 Å². The Labute approximate surface area is 315 Å². The summed E-state index contributed by atoms with van der Waals surface area (Å²) in [6.07, 6.45) is 7.65. The van der Waals surface area contributed by atoms with E-state index in [1.165, 1.54) is 0 Å². The number of nitrogens with one attached hydrogen (secondary N) is 4. The highest BCUT2D eigenvalue weighted by atomic mass is 16.5. The van der Waals surface area contributed by atoms with Crippen LogP contribution in [0, 0.1) is 13.8 Å². The highest BCUT2D eigenvalue weighted by molar-refractivity contribution is 6.05. The van der Waals surface area contributed by atoms with Crippen molar-refractivity contribution >= 4 is 35.1 Å². The molecule has 2 aliphatic carbocycles. The Balaban J connectivity index is 1.14. The molecule has 0 aliphatic heterocycles. The summed E-state index contributed by atoms with van der Waals surface area (Å²) in [7, 11) is 0. The van der Waals surface area contributed by atoms with Crippen LogP contribution in [0.5, 0.6) is 0 Å². The predicted molar refractivity (Wildman–Crippen MR) is 206 cm³/mol. The van der Waals surface area contributed by atoms with Crippen molar-refractivity contribution in [3.8, 4) is 11.1 Å². The zero-order valence-corrected chi connectivity index (χ0v) is 31.3. The van der Waals surface area contributed by atoms with Crippen LogP contribution < -0.4 is 21.3 Å². The van der Waals surface area contributed by atoms with E-state index in [-0.39, 0.29) is 36.8 Å². The molecule has 282 valence electrons. The van der Waals surface area contributed by atoms with Gasteiger partial charge in [0.2, 0.25) is 0 Å². The average Bonchev–Trinajstić information content (AvgIpc) is 4.09. The van der Waals surface area contributed by atoms with E-state index in [2.05, 4.69) is 31.2 Å². The Kier molecular flexibility index (Phi) is 12.5. The van der Waals surface area contributed by atoms with Crippen LogP contribution >= 0.6 is 0 Å². The van der Waals surface area contributed by atoms with Gasteiger partial charge in [-0.05, 0) is 134 Å². The molecule has 4 aromatic rings. The molecule has 2 heterocycles. The summed E-state index contributed by atoms with van der Waals surface area (Å²) >= 11 is 0. The number of amides is 2. The topological polar surface area (TPSA) is 161 Å². The van der Waals surface area contributed by atoms with Crippen LogP contribution in [0.4, 0.5) is 11.4 Å². The number of rotatable bonds is 17. The summed E-state index contributed by atoms with van der Waals surface area (Å²) in [5.41, 5.74) is 9.66. The molecule has 2 amide bonds. The molecular formula is C42H48N6O6. The monoisotopic (exact) mass is 732 g/mol. The second kappa shape index (κ2) is 17.6. The molecule has 2 fully saturated rings. The Morgan fingerprint density at radius 3 is 1.43 bits per heavy atom. The number of benzene rings is 2. The molecule has 0 atom stereocenters. The maximum atomic E-state index is 13.5. The molecule has 0 spiro atoms. The third kappa shape index (κ3) is 9.55. The Morgan fingerprint density at radius 1 is 0.648 bits per heavy atom. The van der Waals surface area contributed by atoms with Crippen molar-refractivity contribution in [2.24, 2.45) is 0 Å². The molecule has 2 aromatic carbocycles. The molecule has 0 unspecified atom stereocenters. The van der Waals surface area contributed by atoms with Gasteiger partial charge in [0.05, 0.1) is 26.3 Å². The van der Waals surface area contributed by atoms with Gasteiger partial charge in [-0.15, -0.1) is 0 Å². The first-order valence-electron chi connectivity index (χ1n) is 18.7. The number of hydrogen-bond acceptors (Lipinski definition) is 10. The summed E-state index contributed by atoms with van der Waals surface area (Å²) in [5.74, 6) is -0.471. The number of esters is 2. The van der Waals surface area contributed by atoms with E-state index in [1.807, 2.05) is 62.4 Å². The van der Waals surface area contributed by atoms with Crippen LogP contribution in [0.2, 0.25) is 0 Å². The molecule has 0 radical (unpaired) electrons. The van der Waals surface area contributed by atoms with E-state index >= 15 is 0 Å². The zero-order chi connectivity index (χ0) is 38.2. The van der Waals surface area contributed by atoms with Crippen molar-refractivity contribution in [1.82, 2.24) is 20.6 Å². The maximum absolute atomic E-state index is 13.5. The normalized spacial score (nSPS) is 13.6. The van der Waals surface area contributed by atoms with Crippen LogP contribution in [0.25, 0.3) is 11.1 Å². The van der Waals surface area contributed by atoms with Gasteiger partial charge in [0.25, 0.3) is 11.8 Å². The van der Waals surface area contributed by atoms with Gasteiger partial charge in [-0.25, -0.2) is 0 Å². The van der Waals surface area contributed by atoms with E-state index in [9.17, 15) is 19.2 Å². The Morgan fingerprint density at radius 2 is 1.06 bits per heavy atom. The minimum Gasteiger partial charge on any atom is -0.465 e. The Hall–Kier alpha value is -5.46. The number of pyridine rings is 2. The number of nitrogens with zero attached hydrogens (tertiary/aromatic N) is 2. The third-order valence-electron chi connectivity index (χ3n) is 9.78. The van der Waals surface area contributed by atoms with Crippen LogP contribution in [0.15, 0.2) is 60.9 Å². The summed E-state index contributed by atoms with van der Waals surface area (Å²) < 4.78 is 10.0. The minimum atomic E-state index is -0.306. The standard InChI is InChI=1S/C42H48N6O6/c1-5-53-39(49)23-43-19-29-21-45-37(17-33(29)27-13-14-27)41(51)47-35-11-7-9-31(25(35)3)32-10-8-12-36(26(32)4)48-42(52)38-18-34(28-15-16-28)30(22-46-38)20-44-24-40(50)54-6-2/h7-12,17-18,21-22,27-28,43-44H,5-6,13-16,19-20,23-24H2,1-4H3,(H,47,51)(H,48,52). The van der Waals surface area contributed by atoms with Gasteiger partial charge in [0.1, 0.15) is 11.4 Å². The molecule has 12 nitrogen and oxygen atoms in total. The first-order chi connectivity index (χ1) is 26.2. The van der Waals surface area contributed by atoms with Crippen molar-refractivity contribution in [2.45, 2.75) is 78.3 Å². The van der Waals surface area contributed by atoms with Crippen molar-refractivity contribution in [2.75, 3.05) is 36.9 Å². The molecule has 0 bridgehead atoms. The Bertz CT molecular complexity index is 1890. The molecule has 2 aromatic heterocycles. The summed E-state index contributed by atoms with van der Waals surface area (Å²) in [4.78, 5) is 59.6. The van der Waals surface area contributed by atoms with Crippen molar-refractivity contribution in [1.29, 1.82) is 0 Å². The van der Waals surface area contributed by atoms with Gasteiger partial charge < -0.3 is 30.7 Å². The molecule has 2 aliphatic rings. The highest BCUT2D eigenvalue weighted by Gasteiger charge is 2.29. The number of aromatic nitrogens is 2. The van der Waals surface area contributed by atoms with E-state index in [1.54, 1.807) is 26.2 Å². The summed E-state index contributed by atoms with van der Waals surface area (Å²) in [6.45, 7) is 9.28. The largest absolute Gasteiger partial charge is 0.465 e. The highest BCUT2D eigenvalue weighted by Crippen LogP contribution is 2.43. The molecule has 0 saturated heterocycles. The summed E-state index contributed by atoms with van der Waals surface area (Å²) in [6, 6.07) is 15.3. The number of carbonyl (C=O) groups is 4. The van der Waals surface area contributed by atoms with Gasteiger partial charge in [0, 0.05) is 36.9 Å². The second-order valence-corrected chi connectivity index (χ2v) is 13.8. The number of ether oxygens (including phenoxy) is 2. The first-order valence-corrected chi connectivity index (χ1v) is 18.7. The van der Waals surface area contributed by atoms with Crippen LogP contribution in [0.3, 0.4) is 0 Å². The van der Waals surface area contributed by atoms with Gasteiger partial charge in [-0.1, -0.05) is 24.3 Å². The van der Waals surface area contributed by atoms with Gasteiger partial charge in [0.15, 0.2) is 0 Å². The molecule has 12 heteroatoms. The van der Waals surface area contributed by atoms with Gasteiger partial charge >= 0.3 is 11.9 Å². The molecular weight excluding hydrogens is 684 g/mol. The van der Waals surface area contributed by atoms with Crippen molar-refractivity contribution in [3.05, 3.63) is 106 Å². The number of hydrogen-bond donors (Lipinski definition) is 4. The predicted octanol–water partition coefficient (Wildman–Crippen LogP) is 6.33. The fraction of sp³-hybridized carbons (Fsp3) is 0.381. The lowest BCUT2D eigenvalue weighted by Gasteiger charge is -2.17. The fourth-order valence-corrected chi connectivity index (χ4v) is 6.61. The van der Waals surface area contributed by atoms with E-state index in [0.29, 0.717) is 60.9 Å². The lowest BCUT2D eigenvalue weighted by Crippen LogP contribution is -2.25. The van der Waals surface area contributed by atoms with Crippen LogP contribution in [0.1, 0.15) is 106 Å². The van der Waals surface area contributed by atoms with Crippen LogP contribution in [-0.4, -0.2) is 60.0 Å². The first kappa shape index (κ1) is 38.3. The van der Waals surface area contributed by atoms with Crippen LogP contribution in [-0.2, 0) is 32.2 Å². The summed E-state index contributed by atoms with van der Waals surface area (Å²) in [5, 5.41) is 12.4. The maximum Gasteiger partial charge on any atom is 0.319 e. The second-order valence-electron chi connectivity index (χ2n) is 13.8. The molecule has 2 saturated carbocycles. The van der Waals surface area contributed by atoms with Gasteiger partial charge in [-0.2, -0.15) is 0 Å². The quantitative estimate of drug-likeness (QED) is 0.0904. The van der Waals surface area contributed by atoms with E-state index in [0.717, 1.165) is 70.2 Å². The number of anilines is 2. The third-order valence-corrected chi connectivity index (χ3v) is 9.78. The van der Waals surface area contributed by atoms with Crippen molar-refractivity contribution in [3.63, 3.8) is 0 Å². The molecule has 54 heavy (non-hydrogen) atoms. The lowest BCUT2D eigenvalue weighted by molar-refractivity contribution is -0.142. The molecule has 6 rings (SSSR count). The zero-order valence-electron chi connectivity index (χ0n) is 31.3.